The quantitative estimate of drug-likeness (QED) is 0.562. The highest BCUT2D eigenvalue weighted by molar-refractivity contribution is 7.88. The van der Waals surface area contributed by atoms with E-state index in [1.807, 2.05) is 0 Å². The molecular formula is C13H17NO4S. The first-order valence-corrected chi connectivity index (χ1v) is 7.50. The topological polar surface area (TPSA) is 83.5 Å². The van der Waals surface area contributed by atoms with E-state index in [-0.39, 0.29) is 11.3 Å². The first-order valence-electron chi connectivity index (χ1n) is 5.85. The van der Waals surface area contributed by atoms with Crippen molar-refractivity contribution in [3.8, 4) is 0 Å². The summed E-state index contributed by atoms with van der Waals surface area (Å²) in [7, 11) is -3.43. The van der Waals surface area contributed by atoms with Gasteiger partial charge in [0.05, 0.1) is 11.3 Å². The van der Waals surface area contributed by atoms with Crippen molar-refractivity contribution < 1.29 is 18.3 Å². The molecule has 0 bridgehead atoms. The van der Waals surface area contributed by atoms with Crippen LogP contribution >= 0.6 is 0 Å². The molecule has 2 N–H and O–H groups in total. The zero-order chi connectivity index (χ0) is 14.3. The smallest absolute Gasteiger partial charge is 0.335 e. The van der Waals surface area contributed by atoms with Crippen LogP contribution in [0.2, 0.25) is 0 Å². The lowest BCUT2D eigenvalue weighted by molar-refractivity contribution is 0.0696. The van der Waals surface area contributed by atoms with Gasteiger partial charge in [0.15, 0.2) is 0 Å². The first kappa shape index (κ1) is 15.4. The molecule has 5 nitrogen and oxygen atoms in total. The summed E-state index contributed by atoms with van der Waals surface area (Å²) >= 11 is 0. The molecule has 0 saturated heterocycles. The van der Waals surface area contributed by atoms with Gasteiger partial charge in [0.2, 0.25) is 10.0 Å². The van der Waals surface area contributed by atoms with Crippen LogP contribution in [0.5, 0.6) is 0 Å². The van der Waals surface area contributed by atoms with Crippen LogP contribution in [0.25, 0.3) is 0 Å². The molecule has 0 fully saturated rings. The number of hydrogen-bond donors (Lipinski definition) is 2. The minimum atomic E-state index is -3.43. The summed E-state index contributed by atoms with van der Waals surface area (Å²) in [4.78, 5) is 10.8. The molecule has 0 atom stereocenters. The molecule has 19 heavy (non-hydrogen) atoms. The molecule has 0 aliphatic carbocycles. The fourth-order valence-electron chi connectivity index (χ4n) is 1.54. The standard InChI is InChI=1S/C13H17NO4S/c1-2-3-4-8-14-19(17,18)10-11-6-5-7-12(9-11)13(15)16/h2,5-7,9,14H,1,3-4,8,10H2,(H,15,16). The van der Waals surface area contributed by atoms with E-state index in [0.29, 0.717) is 18.5 Å². The van der Waals surface area contributed by atoms with Crippen molar-refractivity contribution in [1.29, 1.82) is 0 Å². The molecule has 0 unspecified atom stereocenters. The lowest BCUT2D eigenvalue weighted by Crippen LogP contribution is -2.26. The fraction of sp³-hybridized carbons (Fsp3) is 0.308. The molecule has 0 aliphatic heterocycles. The summed E-state index contributed by atoms with van der Waals surface area (Å²) in [6, 6.07) is 5.92. The summed E-state index contributed by atoms with van der Waals surface area (Å²) in [6.07, 6.45) is 3.17. The second-order valence-corrected chi connectivity index (χ2v) is 5.90. The van der Waals surface area contributed by atoms with E-state index in [1.165, 1.54) is 18.2 Å². The molecule has 0 spiro atoms. The maximum absolute atomic E-state index is 11.8. The molecule has 0 aliphatic rings. The molecule has 0 amide bonds. The average Bonchev–Trinajstić information content (AvgIpc) is 2.34. The number of hydrogen-bond acceptors (Lipinski definition) is 3. The molecule has 0 aromatic heterocycles. The van der Waals surface area contributed by atoms with Crippen LogP contribution in [0, 0.1) is 0 Å². The van der Waals surface area contributed by atoms with Crippen molar-refractivity contribution in [2.75, 3.05) is 6.54 Å². The number of aromatic carboxylic acids is 1. The first-order chi connectivity index (χ1) is 8.94. The number of carboxylic acid groups (broad SMARTS) is 1. The van der Waals surface area contributed by atoms with Crippen molar-refractivity contribution >= 4 is 16.0 Å². The zero-order valence-electron chi connectivity index (χ0n) is 10.5. The molecule has 104 valence electrons. The van der Waals surface area contributed by atoms with Crippen molar-refractivity contribution in [1.82, 2.24) is 4.72 Å². The summed E-state index contributed by atoms with van der Waals surface area (Å²) < 4.78 is 26.0. The van der Waals surface area contributed by atoms with Gasteiger partial charge in [-0.2, -0.15) is 0 Å². The van der Waals surface area contributed by atoms with Crippen LogP contribution in [0.15, 0.2) is 36.9 Å². The second-order valence-electron chi connectivity index (χ2n) is 4.09. The molecule has 0 saturated carbocycles. The van der Waals surface area contributed by atoms with Gasteiger partial charge in [-0.3, -0.25) is 0 Å². The van der Waals surface area contributed by atoms with E-state index in [1.54, 1.807) is 12.1 Å². The number of nitrogens with one attached hydrogen (secondary N) is 1. The Morgan fingerprint density at radius 3 is 2.79 bits per heavy atom. The monoisotopic (exact) mass is 283 g/mol. The van der Waals surface area contributed by atoms with Crippen molar-refractivity contribution in [2.24, 2.45) is 0 Å². The van der Waals surface area contributed by atoms with Gasteiger partial charge in [0, 0.05) is 6.54 Å². The van der Waals surface area contributed by atoms with Gasteiger partial charge >= 0.3 is 5.97 Å². The Bertz CT molecular complexity index is 552. The maximum atomic E-state index is 11.8. The van der Waals surface area contributed by atoms with E-state index in [0.717, 1.165) is 6.42 Å². The number of rotatable bonds is 8. The Morgan fingerprint density at radius 1 is 1.42 bits per heavy atom. The Labute approximate surface area is 113 Å². The third-order valence-corrected chi connectivity index (χ3v) is 3.79. The predicted octanol–water partition coefficient (Wildman–Crippen LogP) is 1.77. The van der Waals surface area contributed by atoms with Crippen LogP contribution in [-0.4, -0.2) is 26.0 Å². The number of allylic oxidation sites excluding steroid dienone is 1. The van der Waals surface area contributed by atoms with Gasteiger partial charge in [-0.1, -0.05) is 18.2 Å². The van der Waals surface area contributed by atoms with Crippen molar-refractivity contribution in [2.45, 2.75) is 18.6 Å². The lowest BCUT2D eigenvalue weighted by atomic mass is 10.1. The van der Waals surface area contributed by atoms with E-state index >= 15 is 0 Å². The molecular weight excluding hydrogens is 266 g/mol. The van der Waals surface area contributed by atoms with Crippen molar-refractivity contribution in [3.63, 3.8) is 0 Å². The number of sulfonamides is 1. The van der Waals surface area contributed by atoms with Crippen molar-refractivity contribution in [3.05, 3.63) is 48.0 Å². The summed E-state index contributed by atoms with van der Waals surface area (Å²) in [6.45, 7) is 3.91. The molecule has 6 heteroatoms. The predicted molar refractivity (Wildman–Crippen MR) is 73.5 cm³/mol. The lowest BCUT2D eigenvalue weighted by Gasteiger charge is -2.06. The summed E-state index contributed by atoms with van der Waals surface area (Å²) in [5.41, 5.74) is 0.537. The van der Waals surface area contributed by atoms with Gasteiger partial charge in [0.25, 0.3) is 0 Å². The van der Waals surface area contributed by atoms with Gasteiger partial charge in [0.1, 0.15) is 0 Å². The minimum Gasteiger partial charge on any atom is -0.478 e. The number of benzene rings is 1. The molecule has 0 radical (unpaired) electrons. The van der Waals surface area contributed by atoms with Gasteiger partial charge < -0.3 is 5.11 Å². The number of unbranched alkanes of at least 4 members (excludes halogenated alkanes) is 1. The average molecular weight is 283 g/mol. The SMILES string of the molecule is C=CCCCNS(=O)(=O)Cc1cccc(C(=O)O)c1. The van der Waals surface area contributed by atoms with Gasteiger partial charge in [-0.15, -0.1) is 6.58 Å². The highest BCUT2D eigenvalue weighted by Crippen LogP contribution is 2.09. The van der Waals surface area contributed by atoms with Crippen LogP contribution in [0.3, 0.4) is 0 Å². The molecule has 1 aromatic rings. The maximum Gasteiger partial charge on any atom is 0.335 e. The van der Waals surface area contributed by atoms with Crippen LogP contribution in [0.4, 0.5) is 0 Å². The number of carboxylic acids is 1. The molecule has 1 aromatic carbocycles. The third kappa shape index (κ3) is 5.67. The molecule has 1 rings (SSSR count). The van der Waals surface area contributed by atoms with Gasteiger partial charge in [-0.25, -0.2) is 17.9 Å². The fourth-order valence-corrected chi connectivity index (χ4v) is 2.71. The Kier molecular flexibility index (Phi) is 5.72. The minimum absolute atomic E-state index is 0.0827. The van der Waals surface area contributed by atoms with E-state index < -0.39 is 16.0 Å². The van der Waals surface area contributed by atoms with Crippen LogP contribution in [-0.2, 0) is 15.8 Å². The highest BCUT2D eigenvalue weighted by atomic mass is 32.2. The highest BCUT2D eigenvalue weighted by Gasteiger charge is 2.12. The summed E-state index contributed by atoms with van der Waals surface area (Å²) in [5, 5.41) is 8.83. The molecule has 0 heterocycles. The zero-order valence-corrected chi connectivity index (χ0v) is 11.3. The van der Waals surface area contributed by atoms with E-state index in [9.17, 15) is 13.2 Å². The Morgan fingerprint density at radius 2 is 2.16 bits per heavy atom. The van der Waals surface area contributed by atoms with Gasteiger partial charge in [-0.05, 0) is 30.5 Å². The van der Waals surface area contributed by atoms with Crippen LogP contribution < -0.4 is 4.72 Å². The second kappa shape index (κ2) is 7.06. The summed E-state index contributed by atoms with van der Waals surface area (Å²) in [5.74, 6) is -1.29. The third-order valence-electron chi connectivity index (χ3n) is 2.44. The largest absolute Gasteiger partial charge is 0.478 e. The van der Waals surface area contributed by atoms with Crippen LogP contribution in [0.1, 0.15) is 28.8 Å². The normalized spacial score (nSPS) is 11.2. The van der Waals surface area contributed by atoms with E-state index in [2.05, 4.69) is 11.3 Å². The van der Waals surface area contributed by atoms with E-state index in [4.69, 9.17) is 5.11 Å². The Balaban J connectivity index is 2.64. The number of carbonyl (C=O) groups is 1. The Hall–Kier alpha value is -1.66.